The number of carbonyl (C=O) groups excluding carboxylic acids is 1. The third kappa shape index (κ3) is 3.11. The zero-order valence-electron chi connectivity index (χ0n) is 14.2. The van der Waals surface area contributed by atoms with Crippen LogP contribution in [0.2, 0.25) is 0 Å². The number of hydrogen-bond acceptors (Lipinski definition) is 5. The molecule has 0 unspecified atom stereocenters. The molecule has 3 aliphatic heterocycles. The molecule has 0 aliphatic carbocycles. The van der Waals surface area contributed by atoms with Gasteiger partial charge in [0.25, 0.3) is 0 Å². The van der Waals surface area contributed by atoms with Crippen molar-refractivity contribution in [3.05, 3.63) is 17.6 Å². The number of amides is 1. The van der Waals surface area contributed by atoms with E-state index in [0.717, 1.165) is 76.6 Å². The highest BCUT2D eigenvalue weighted by Gasteiger charge is 2.29. The molecule has 24 heavy (non-hydrogen) atoms. The first-order chi connectivity index (χ1) is 11.8. The van der Waals surface area contributed by atoms with E-state index in [0.29, 0.717) is 5.91 Å². The Balaban J connectivity index is 1.49. The molecule has 0 atom stereocenters. The Kier molecular flexibility index (Phi) is 4.65. The van der Waals surface area contributed by atoms with Crippen molar-refractivity contribution in [1.82, 2.24) is 14.9 Å². The van der Waals surface area contributed by atoms with E-state index in [4.69, 9.17) is 4.74 Å². The van der Waals surface area contributed by atoms with Crippen LogP contribution in [-0.2, 0) is 22.4 Å². The van der Waals surface area contributed by atoms with Gasteiger partial charge in [-0.15, -0.1) is 0 Å². The molecule has 4 heterocycles. The number of aromatic nitrogens is 2. The second-order valence-corrected chi connectivity index (χ2v) is 7.03. The second-order valence-electron chi connectivity index (χ2n) is 7.03. The normalized spacial score (nSPS) is 22.3. The number of carbonyl (C=O) groups is 1. The van der Waals surface area contributed by atoms with Gasteiger partial charge in [-0.1, -0.05) is 0 Å². The van der Waals surface area contributed by atoms with E-state index in [1.807, 2.05) is 4.90 Å². The zero-order valence-corrected chi connectivity index (χ0v) is 14.2. The smallest absolute Gasteiger partial charge is 0.225 e. The van der Waals surface area contributed by atoms with Gasteiger partial charge in [0.05, 0.1) is 5.69 Å². The van der Waals surface area contributed by atoms with Gasteiger partial charge >= 0.3 is 0 Å². The molecule has 0 bridgehead atoms. The summed E-state index contributed by atoms with van der Waals surface area (Å²) in [5, 5.41) is 0. The molecule has 1 aromatic rings. The van der Waals surface area contributed by atoms with Gasteiger partial charge in [-0.25, -0.2) is 9.97 Å². The quantitative estimate of drug-likeness (QED) is 0.821. The Morgan fingerprint density at radius 3 is 2.58 bits per heavy atom. The predicted molar refractivity (Wildman–Crippen MR) is 91.0 cm³/mol. The van der Waals surface area contributed by atoms with Crippen molar-refractivity contribution < 1.29 is 9.53 Å². The van der Waals surface area contributed by atoms with E-state index in [1.165, 1.54) is 18.4 Å². The third-order valence-corrected chi connectivity index (χ3v) is 5.55. The average molecular weight is 330 g/mol. The van der Waals surface area contributed by atoms with Crippen molar-refractivity contribution in [2.45, 2.75) is 38.5 Å². The molecule has 6 nitrogen and oxygen atoms in total. The summed E-state index contributed by atoms with van der Waals surface area (Å²) < 4.78 is 5.39. The Bertz CT molecular complexity index is 595. The molecule has 1 amide bonds. The molecular weight excluding hydrogens is 304 g/mol. The highest BCUT2D eigenvalue weighted by molar-refractivity contribution is 5.79. The van der Waals surface area contributed by atoms with Gasteiger partial charge in [-0.05, 0) is 32.1 Å². The van der Waals surface area contributed by atoms with Gasteiger partial charge in [0.2, 0.25) is 5.91 Å². The van der Waals surface area contributed by atoms with Crippen LogP contribution in [0.5, 0.6) is 0 Å². The van der Waals surface area contributed by atoms with Crippen LogP contribution in [0.15, 0.2) is 6.33 Å². The Morgan fingerprint density at radius 1 is 1.04 bits per heavy atom. The summed E-state index contributed by atoms with van der Waals surface area (Å²) in [5.74, 6) is 1.56. The van der Waals surface area contributed by atoms with Crippen molar-refractivity contribution in [2.24, 2.45) is 5.92 Å². The van der Waals surface area contributed by atoms with Crippen LogP contribution in [0.4, 0.5) is 5.82 Å². The highest BCUT2D eigenvalue weighted by atomic mass is 16.5. The second kappa shape index (κ2) is 7.05. The molecule has 0 spiro atoms. The predicted octanol–water partition coefficient (Wildman–Crippen LogP) is 1.43. The van der Waals surface area contributed by atoms with Gasteiger partial charge in [0.15, 0.2) is 0 Å². The summed E-state index contributed by atoms with van der Waals surface area (Å²) in [4.78, 5) is 26.3. The van der Waals surface area contributed by atoms with E-state index in [-0.39, 0.29) is 5.92 Å². The maximum Gasteiger partial charge on any atom is 0.225 e. The molecule has 4 rings (SSSR count). The van der Waals surface area contributed by atoms with E-state index in [1.54, 1.807) is 6.33 Å². The lowest BCUT2D eigenvalue weighted by Gasteiger charge is -2.28. The van der Waals surface area contributed by atoms with Crippen LogP contribution >= 0.6 is 0 Å². The van der Waals surface area contributed by atoms with Crippen LogP contribution in [0, 0.1) is 5.92 Å². The maximum atomic E-state index is 12.8. The minimum absolute atomic E-state index is 0.143. The Hall–Kier alpha value is -1.69. The molecule has 130 valence electrons. The van der Waals surface area contributed by atoms with Crippen molar-refractivity contribution in [3.63, 3.8) is 0 Å². The number of rotatable bonds is 2. The SMILES string of the molecule is O=C(C1CCOCC1)N1CCc2ncnc(N3CCCC3)c2CC1. The minimum atomic E-state index is 0.143. The summed E-state index contributed by atoms with van der Waals surface area (Å²) in [6, 6.07) is 0. The first-order valence-electron chi connectivity index (χ1n) is 9.27. The lowest BCUT2D eigenvalue weighted by molar-refractivity contribution is -0.138. The summed E-state index contributed by atoms with van der Waals surface area (Å²) >= 11 is 0. The van der Waals surface area contributed by atoms with E-state index in [9.17, 15) is 4.79 Å². The molecular formula is C18H26N4O2. The summed E-state index contributed by atoms with van der Waals surface area (Å²) in [6.07, 6.45) is 7.62. The molecule has 0 N–H and O–H groups in total. The number of anilines is 1. The lowest BCUT2D eigenvalue weighted by atomic mass is 9.98. The van der Waals surface area contributed by atoms with Gasteiger partial charge in [0.1, 0.15) is 12.1 Å². The number of hydrogen-bond donors (Lipinski definition) is 0. The highest BCUT2D eigenvalue weighted by Crippen LogP contribution is 2.27. The summed E-state index contributed by atoms with van der Waals surface area (Å²) in [6.45, 7) is 5.18. The molecule has 6 heteroatoms. The standard InChI is InChI=1S/C18H26N4O2/c23-18(14-5-11-24-12-6-14)22-9-3-15-16(4-10-22)19-13-20-17(15)21-7-1-2-8-21/h13-14H,1-12H2. The molecule has 3 aliphatic rings. The maximum absolute atomic E-state index is 12.8. The molecule has 2 saturated heterocycles. The molecule has 0 saturated carbocycles. The largest absolute Gasteiger partial charge is 0.381 e. The van der Waals surface area contributed by atoms with Crippen LogP contribution in [-0.4, -0.2) is 60.2 Å². The molecule has 2 fully saturated rings. The monoisotopic (exact) mass is 330 g/mol. The number of nitrogens with zero attached hydrogens (tertiary/aromatic N) is 4. The first-order valence-corrected chi connectivity index (χ1v) is 9.27. The van der Waals surface area contributed by atoms with Gasteiger partial charge in [-0.3, -0.25) is 4.79 Å². The van der Waals surface area contributed by atoms with Crippen LogP contribution in [0.1, 0.15) is 36.9 Å². The molecule has 0 radical (unpaired) electrons. The van der Waals surface area contributed by atoms with E-state index in [2.05, 4.69) is 14.9 Å². The summed E-state index contributed by atoms with van der Waals surface area (Å²) in [7, 11) is 0. The van der Waals surface area contributed by atoms with Crippen LogP contribution in [0.25, 0.3) is 0 Å². The van der Waals surface area contributed by atoms with Gasteiger partial charge in [-0.2, -0.15) is 0 Å². The van der Waals surface area contributed by atoms with E-state index >= 15 is 0 Å². The van der Waals surface area contributed by atoms with Crippen LogP contribution < -0.4 is 4.90 Å². The Morgan fingerprint density at radius 2 is 1.79 bits per heavy atom. The fourth-order valence-corrected chi connectivity index (χ4v) is 4.13. The zero-order chi connectivity index (χ0) is 16.4. The van der Waals surface area contributed by atoms with Crippen molar-refractivity contribution in [3.8, 4) is 0 Å². The van der Waals surface area contributed by atoms with E-state index < -0.39 is 0 Å². The minimum Gasteiger partial charge on any atom is -0.381 e. The van der Waals surface area contributed by atoms with Crippen molar-refractivity contribution in [2.75, 3.05) is 44.3 Å². The molecule has 0 aromatic carbocycles. The fraction of sp³-hybridized carbons (Fsp3) is 0.722. The van der Waals surface area contributed by atoms with Crippen molar-refractivity contribution in [1.29, 1.82) is 0 Å². The first kappa shape index (κ1) is 15.8. The molecule has 1 aromatic heterocycles. The fourth-order valence-electron chi connectivity index (χ4n) is 4.13. The van der Waals surface area contributed by atoms with Crippen molar-refractivity contribution >= 4 is 11.7 Å². The number of fused-ring (bicyclic) bond motifs is 1. The average Bonchev–Trinajstić information content (AvgIpc) is 3.08. The Labute approximate surface area is 143 Å². The van der Waals surface area contributed by atoms with Crippen LogP contribution in [0.3, 0.4) is 0 Å². The third-order valence-electron chi connectivity index (χ3n) is 5.55. The number of ether oxygens (including phenoxy) is 1. The summed E-state index contributed by atoms with van der Waals surface area (Å²) in [5.41, 5.74) is 2.40. The topological polar surface area (TPSA) is 58.6 Å². The van der Waals surface area contributed by atoms with Gasteiger partial charge in [0, 0.05) is 57.3 Å². The lowest BCUT2D eigenvalue weighted by Crippen LogP contribution is -2.40. The van der Waals surface area contributed by atoms with Gasteiger partial charge < -0.3 is 14.5 Å².